The van der Waals surface area contributed by atoms with Crippen LogP contribution in [-0.2, 0) is 0 Å². The van der Waals surface area contributed by atoms with Crippen LogP contribution in [0.4, 0.5) is 17.0 Å². The monoisotopic (exact) mass is 152 g/mol. The molecule has 8 heavy (non-hydrogen) atoms. The Labute approximate surface area is 43.7 Å². The van der Waals surface area contributed by atoms with E-state index in [0.29, 0.717) is 0 Å². The van der Waals surface area contributed by atoms with Crippen LogP contribution in [0.5, 0.6) is 0 Å². The van der Waals surface area contributed by atoms with Crippen LogP contribution in [0.25, 0.3) is 0 Å². The van der Waals surface area contributed by atoms with Gasteiger partial charge in [0.1, 0.15) is 0 Å². The van der Waals surface area contributed by atoms with Crippen LogP contribution in [0.3, 0.4) is 0 Å². The second-order valence-corrected chi connectivity index (χ2v) is 3.77. The van der Waals surface area contributed by atoms with Gasteiger partial charge in [0.2, 0.25) is 0 Å². The van der Waals surface area contributed by atoms with Gasteiger partial charge < -0.3 is 0 Å². The van der Waals surface area contributed by atoms with Crippen molar-refractivity contribution in [3.05, 3.63) is 0 Å². The fourth-order valence-corrected chi connectivity index (χ4v) is 0. The van der Waals surface area contributed by atoms with Crippen LogP contribution in [0.1, 0.15) is 6.92 Å². The number of rotatable bonds is 1. The van der Waals surface area contributed by atoms with Gasteiger partial charge in [0, 0.05) is 0 Å². The van der Waals surface area contributed by atoms with Gasteiger partial charge in [-0.1, -0.05) is 0 Å². The molecule has 0 aliphatic heterocycles. The van der Waals surface area contributed by atoms with Crippen molar-refractivity contribution in [1.82, 2.24) is 0 Å². The molecule has 0 aromatic carbocycles. The maximum absolute atomic E-state index is 11.3. The normalized spacial score (nSPS) is 21.5. The number of hydrogen-bond acceptors (Lipinski definition) is 1. The van der Waals surface area contributed by atoms with E-state index in [4.69, 9.17) is 4.89 Å². The Kier molecular flexibility index (Phi) is 1.57. The Morgan fingerprint density at radius 3 is 1.50 bits per heavy atom. The van der Waals surface area contributed by atoms with Crippen molar-refractivity contribution in [3.63, 3.8) is 0 Å². The van der Waals surface area contributed by atoms with E-state index >= 15 is 0 Å². The van der Waals surface area contributed by atoms with E-state index in [0.717, 1.165) is 0 Å². The van der Waals surface area contributed by atoms with Crippen LogP contribution in [-0.4, -0.2) is 10.8 Å². The molecule has 0 saturated carbocycles. The standard InChI is InChI=1S/C2H5F4OP/c1-2(3)8(4,5,6)7/h2,7H,1H3/t2-/m0/s1. The molecule has 0 bridgehead atoms. The molecule has 1 N–H and O–H groups in total. The van der Waals surface area contributed by atoms with E-state index in [9.17, 15) is 17.0 Å². The van der Waals surface area contributed by atoms with Crippen LogP contribution in [0.2, 0.25) is 0 Å². The molecular weight excluding hydrogens is 147 g/mol. The zero-order valence-electron chi connectivity index (χ0n) is 3.98. The van der Waals surface area contributed by atoms with Gasteiger partial charge in [-0.3, -0.25) is 0 Å². The molecule has 0 amide bonds. The third-order valence-corrected chi connectivity index (χ3v) is 1.69. The van der Waals surface area contributed by atoms with Gasteiger partial charge in [-0.25, -0.2) is 0 Å². The van der Waals surface area contributed by atoms with Gasteiger partial charge in [-0.2, -0.15) is 0 Å². The van der Waals surface area contributed by atoms with Crippen LogP contribution in [0, 0.1) is 0 Å². The van der Waals surface area contributed by atoms with Crippen LogP contribution < -0.4 is 0 Å². The summed E-state index contributed by atoms with van der Waals surface area (Å²) in [5, 5.41) is 0. The zero-order valence-corrected chi connectivity index (χ0v) is 4.88. The Bertz CT molecular complexity index is 84.7. The molecule has 0 aromatic rings. The summed E-state index contributed by atoms with van der Waals surface area (Å²) in [6, 6.07) is 0. The third-order valence-electron chi connectivity index (χ3n) is 0.563. The molecule has 1 nitrogen and oxygen atoms in total. The average molecular weight is 152 g/mol. The SMILES string of the molecule is C[C@@H](F)P(O)(F)(F)F. The summed E-state index contributed by atoms with van der Waals surface area (Å²) in [6.07, 6.45) is 0. The van der Waals surface area contributed by atoms with Gasteiger partial charge in [-0.15, -0.1) is 0 Å². The minimum absolute atomic E-state index is 0.276. The van der Waals surface area contributed by atoms with Gasteiger partial charge in [0.25, 0.3) is 0 Å². The van der Waals surface area contributed by atoms with Gasteiger partial charge in [0.15, 0.2) is 0 Å². The number of halogens is 4. The molecule has 0 unspecified atom stereocenters. The van der Waals surface area contributed by atoms with Crippen molar-refractivity contribution in [2.24, 2.45) is 0 Å². The summed E-state index contributed by atoms with van der Waals surface area (Å²) >= 11 is 0. The summed E-state index contributed by atoms with van der Waals surface area (Å²) in [5.41, 5.74) is 0. The first-order valence-corrected chi connectivity index (χ1v) is 3.69. The third kappa shape index (κ3) is 2.43. The Morgan fingerprint density at radius 1 is 1.38 bits per heavy atom. The molecular formula is C2H5F4OP. The topological polar surface area (TPSA) is 20.2 Å². The van der Waals surface area contributed by atoms with Gasteiger partial charge in [0.05, 0.1) is 0 Å². The quantitative estimate of drug-likeness (QED) is 0.451. The predicted octanol–water partition coefficient (Wildman–Crippen LogP) is 2.42. The first-order valence-electron chi connectivity index (χ1n) is 1.76. The number of alkyl halides is 1. The van der Waals surface area contributed by atoms with Crippen molar-refractivity contribution in [3.8, 4) is 0 Å². The Morgan fingerprint density at radius 2 is 1.50 bits per heavy atom. The summed E-state index contributed by atoms with van der Waals surface area (Å²) in [4.78, 5) is 7.32. The number of hydrogen-bond donors (Lipinski definition) is 1. The first kappa shape index (κ1) is 8.11. The average Bonchev–Trinajstić information content (AvgIpc) is 1.27. The zero-order chi connectivity index (χ0) is 7.02. The van der Waals surface area contributed by atoms with E-state index in [1.807, 2.05) is 0 Å². The molecule has 52 valence electrons. The summed E-state index contributed by atoms with van der Waals surface area (Å²) in [7, 11) is -7.35. The first-order chi connectivity index (χ1) is 3.20. The van der Waals surface area contributed by atoms with Crippen molar-refractivity contribution in [1.29, 1.82) is 0 Å². The van der Waals surface area contributed by atoms with E-state index in [1.54, 1.807) is 0 Å². The fourth-order valence-electron chi connectivity index (χ4n) is 0. The molecule has 0 aliphatic carbocycles. The van der Waals surface area contributed by atoms with E-state index < -0.39 is 13.7 Å². The van der Waals surface area contributed by atoms with Gasteiger partial charge >= 0.3 is 42.5 Å². The van der Waals surface area contributed by atoms with E-state index in [-0.39, 0.29) is 6.92 Å². The summed E-state index contributed by atoms with van der Waals surface area (Å²) < 4.78 is 44.8. The van der Waals surface area contributed by atoms with E-state index in [1.165, 1.54) is 0 Å². The van der Waals surface area contributed by atoms with Crippen molar-refractivity contribution < 1.29 is 21.9 Å². The molecule has 0 aromatic heterocycles. The van der Waals surface area contributed by atoms with Crippen molar-refractivity contribution >= 4 is 7.76 Å². The molecule has 0 fully saturated rings. The molecule has 6 heteroatoms. The molecule has 0 heterocycles. The molecule has 0 spiro atoms. The Hall–Kier alpha value is 0.110. The summed E-state index contributed by atoms with van der Waals surface area (Å²) in [6.45, 7) is 0.276. The van der Waals surface area contributed by atoms with Gasteiger partial charge in [-0.05, 0) is 0 Å². The molecule has 0 radical (unpaired) electrons. The van der Waals surface area contributed by atoms with Crippen molar-refractivity contribution in [2.75, 3.05) is 0 Å². The second-order valence-electron chi connectivity index (χ2n) is 1.40. The Balaban J connectivity index is 4.14. The molecule has 0 aliphatic rings. The van der Waals surface area contributed by atoms with Crippen LogP contribution >= 0.6 is 7.76 Å². The predicted molar refractivity (Wildman–Crippen MR) is 23.0 cm³/mol. The second kappa shape index (κ2) is 1.54. The minimum atomic E-state index is -7.35. The fraction of sp³-hybridized carbons (Fsp3) is 1.00. The summed E-state index contributed by atoms with van der Waals surface area (Å²) in [5.74, 6) is -3.07. The molecule has 0 saturated heterocycles. The van der Waals surface area contributed by atoms with Crippen LogP contribution in [0.15, 0.2) is 0 Å². The van der Waals surface area contributed by atoms with Crippen molar-refractivity contribution in [2.45, 2.75) is 12.8 Å². The molecule has 0 rings (SSSR count). The maximum atomic E-state index is 11.3. The van der Waals surface area contributed by atoms with E-state index in [2.05, 4.69) is 0 Å². The molecule has 1 atom stereocenters.